The number of carboxylic acid groups (broad SMARTS) is 4. The Morgan fingerprint density at radius 2 is 0.590 bits per heavy atom. The summed E-state index contributed by atoms with van der Waals surface area (Å²) >= 11 is 0. The molecule has 0 spiro atoms. The molecule has 0 amide bonds. The van der Waals surface area contributed by atoms with E-state index in [0.717, 1.165) is 58.3 Å². The molecular weight excluding hydrogens is 1700 g/mol. The summed E-state index contributed by atoms with van der Waals surface area (Å²) in [5.74, 6) is -2.15. The van der Waals surface area contributed by atoms with Crippen LogP contribution >= 0.6 is 13.2 Å². The molecule has 0 fully saturated rings. The van der Waals surface area contributed by atoms with Gasteiger partial charge in [0.15, 0.2) is 0 Å². The molecule has 2 aliphatic rings. The quantitative estimate of drug-likeness (QED) is 0.0144. The molecule has 0 aromatic heterocycles. The summed E-state index contributed by atoms with van der Waals surface area (Å²) in [5, 5.41) is 41.8. The number of hydrogen-bond acceptors (Lipinski definition) is 8. The van der Waals surface area contributed by atoms with Crippen LogP contribution in [0.1, 0.15) is 180 Å². The van der Waals surface area contributed by atoms with Crippen molar-refractivity contribution in [2.24, 2.45) is 10.8 Å². The van der Waals surface area contributed by atoms with Crippen LogP contribution in [-0.2, 0) is 28.8 Å². The van der Waals surface area contributed by atoms with E-state index in [1.807, 2.05) is 31.2 Å². The summed E-state index contributed by atoms with van der Waals surface area (Å²) in [7, 11) is 3.43. The minimum absolute atomic E-state index is 0.220. The monoisotopic (exact) mass is 1840 g/mol. The van der Waals surface area contributed by atoms with Crippen molar-refractivity contribution in [1.29, 1.82) is 0 Å². The summed E-state index contributed by atoms with van der Waals surface area (Å²) in [6, 6.07) is 71.2. The van der Waals surface area contributed by atoms with E-state index >= 15 is 0 Å². The standard InChI is InChI=1S/C35H39OP.C34H41P.C21H26O3.C20H28O2.2C5H6O3/c1-27(22-23-34-28(2)26-35(36-5)30(4)29(34)3)24-25-37(6,31-16-10-7-11-17-31,32-18-12-8-13-19-32)33-20-14-9-15-21-33;1-28(23-24-33-29(2)16-15-26-34(33,3)4)25-27-35(5,30-17-9-6-10-18-30,31-19-11-7-12-20-31)32-21-13-8-14-22-32;1-14(8-7-9-15(2)12-21(22)23)10-11-19-16(3)13-20(24-6)18(5)17(19)4;1-15(8-6-9-16(2)14-19(21)22)11-12-18-17(3)10-7-13-20(18,4)5;2*1-4(3-6)2-5(7)8/h7-24,26H,25H2,1-6H3;6-14,17-25H,15-16,26-27H2,1-5H3;7-13H,1-6H3,(H,22,23);6,8-9,11-12,14H,7,10,13H2,1-5H3,(H,21,22);2*2-3H,1H3,(H,7,8)/b23-22+,27-24+;24-23+,28-25-;9-7+,11-10+,14-8+,15-12+;9-6+,12-11+,15-8-,16-14+;2*4-2+. The van der Waals surface area contributed by atoms with Gasteiger partial charge in [-0.05, 0) is 150 Å². The molecule has 2 aliphatic carbocycles. The number of carbonyl (C=O) groups excluding carboxylic acids is 2. The first kappa shape index (κ1) is 112. The summed E-state index contributed by atoms with van der Waals surface area (Å²) in [6.45, 7) is 41.2. The van der Waals surface area contributed by atoms with Gasteiger partial charge in [-0.2, -0.15) is 0 Å². The third kappa shape index (κ3) is 32.3. The molecule has 0 aliphatic heterocycles. The van der Waals surface area contributed by atoms with E-state index in [0.29, 0.717) is 18.1 Å². The molecule has 8 aromatic rings. The Labute approximate surface area is 801 Å². The van der Waals surface area contributed by atoms with Crippen molar-refractivity contribution in [3.63, 3.8) is 0 Å². The molecule has 4 N–H and O–H groups in total. The topological polar surface area (TPSA) is 202 Å². The van der Waals surface area contributed by atoms with E-state index < -0.39 is 37.1 Å². The summed E-state index contributed by atoms with van der Waals surface area (Å²) in [4.78, 5) is 60.0. The number of hydrogen-bond donors (Lipinski definition) is 4. The molecule has 14 heteroatoms. The van der Waals surface area contributed by atoms with Gasteiger partial charge in [-0.1, -0.05) is 91.3 Å². The predicted molar refractivity (Wildman–Crippen MR) is 574 cm³/mol. The molecule has 0 atom stereocenters. The predicted octanol–water partition coefficient (Wildman–Crippen LogP) is 27.1. The zero-order valence-electron chi connectivity index (χ0n) is 83.8. The fraction of sp³-hybridized carbons (Fsp3) is 0.283. The normalized spacial score (nSPS) is 15.3. The van der Waals surface area contributed by atoms with Crippen LogP contribution in [0.2, 0.25) is 0 Å². The average molecular weight is 1840 g/mol. The fourth-order valence-electron chi connectivity index (χ4n) is 17.1. The second-order valence-electron chi connectivity index (χ2n) is 36.9. The number of carboxylic acids is 4. The van der Waals surface area contributed by atoms with E-state index in [1.165, 1.54) is 163 Å². The molecule has 0 radical (unpaired) electrons. The summed E-state index contributed by atoms with van der Waals surface area (Å²) < 4.78 is 11.0. The molecule has 0 unspecified atom stereocenters. The molecular formula is C120H146O12P2. The number of carbonyl (C=O) groups is 6. The van der Waals surface area contributed by atoms with Crippen LogP contribution in [0, 0.1) is 52.4 Å². The molecule has 12 nitrogen and oxygen atoms in total. The van der Waals surface area contributed by atoms with Gasteiger partial charge in [-0.15, -0.1) is 0 Å². The molecule has 708 valence electrons. The maximum atomic E-state index is 10.6. The van der Waals surface area contributed by atoms with Gasteiger partial charge >= 0.3 is 461 Å². The summed E-state index contributed by atoms with van der Waals surface area (Å²) in [5.41, 5.74) is 23.0. The molecule has 0 heterocycles. The number of aryl methyl sites for hydroxylation is 2. The van der Waals surface area contributed by atoms with Crippen LogP contribution in [0.3, 0.4) is 0 Å². The van der Waals surface area contributed by atoms with Crippen LogP contribution in [0.25, 0.3) is 12.2 Å². The van der Waals surface area contributed by atoms with Crippen molar-refractivity contribution in [3.05, 3.63) is 415 Å². The van der Waals surface area contributed by atoms with Gasteiger partial charge in [0, 0.05) is 24.3 Å². The van der Waals surface area contributed by atoms with E-state index in [9.17, 15) is 28.8 Å². The SMILES string of the molecule is C/C(C=O)=C\C(=O)O.C/C(C=O)=C\C(=O)O.CC1=C(/C=C/C(C)=C\C=C\C(C)=C\C(=O)O)C(C)(C)CCC1.CC1=C(/C=C/C(C)=C\CP(C)(c2ccccc2)(c2ccccc2)c2ccccc2)C(C)(C)CCC1.COc1cc(C)c(/C=C/C(C)=C/C=C/C(C)=C/C(=O)O)c(C)c1C.COc1cc(C)c(/C=C/C(C)=C/CP(C)(c2ccccc2)(c2ccccc2)c2ccccc2)c(C)c1C. The summed E-state index contributed by atoms with van der Waals surface area (Å²) in [6.07, 6.45) is 48.6. The number of rotatable bonds is 30. The second kappa shape index (κ2) is 53.2. The number of benzene rings is 8. The van der Waals surface area contributed by atoms with Gasteiger partial charge in [0.05, 0.1) is 7.11 Å². The van der Waals surface area contributed by atoms with Crippen molar-refractivity contribution >= 4 is 93.6 Å². The Morgan fingerprint density at radius 3 is 0.828 bits per heavy atom. The van der Waals surface area contributed by atoms with Gasteiger partial charge in [-0.3, -0.25) is 9.59 Å². The first-order valence-corrected chi connectivity index (χ1v) is 51.5. The molecule has 0 bridgehead atoms. The molecule has 0 saturated heterocycles. The molecule has 8 aromatic carbocycles. The van der Waals surface area contributed by atoms with Gasteiger partial charge in [0.2, 0.25) is 0 Å². The third-order valence-electron chi connectivity index (χ3n) is 25.5. The van der Waals surface area contributed by atoms with E-state index in [-0.39, 0.29) is 22.0 Å². The number of aliphatic carboxylic acids is 4. The maximum absolute atomic E-state index is 10.6. The van der Waals surface area contributed by atoms with Crippen LogP contribution in [0.4, 0.5) is 0 Å². The first-order chi connectivity index (χ1) is 63.3. The van der Waals surface area contributed by atoms with Crippen molar-refractivity contribution < 1.29 is 58.7 Å². The zero-order chi connectivity index (χ0) is 99.6. The van der Waals surface area contributed by atoms with Crippen molar-refractivity contribution in [2.75, 3.05) is 39.9 Å². The van der Waals surface area contributed by atoms with Gasteiger partial charge in [0.1, 0.15) is 18.3 Å². The molecule has 10 rings (SSSR count). The Kier molecular flexibility index (Phi) is 44.4. The number of aldehydes is 2. The van der Waals surface area contributed by atoms with Crippen LogP contribution in [0.5, 0.6) is 11.5 Å². The second-order valence-corrected chi connectivity index (χ2v) is 47.9. The average Bonchev–Trinajstić information content (AvgIpc) is 0.710. The van der Waals surface area contributed by atoms with Crippen molar-refractivity contribution in [2.45, 2.75) is 177 Å². The van der Waals surface area contributed by atoms with Crippen molar-refractivity contribution in [1.82, 2.24) is 0 Å². The van der Waals surface area contributed by atoms with Gasteiger partial charge in [-0.25, -0.2) is 19.2 Å². The minimum atomic E-state index is -2.78. The number of methoxy groups -OCH3 is 2. The van der Waals surface area contributed by atoms with Gasteiger partial charge in [0.25, 0.3) is 0 Å². The number of ether oxygens (including phenoxy) is 2. The van der Waals surface area contributed by atoms with Crippen LogP contribution < -0.4 is 41.3 Å². The Hall–Kier alpha value is -12.7. The Bertz CT molecular complexity index is 5660. The van der Waals surface area contributed by atoms with Crippen LogP contribution in [-0.4, -0.2) is 96.7 Å². The third-order valence-corrected chi connectivity index (χ3v) is 37.8. The van der Waals surface area contributed by atoms with E-state index in [2.05, 4.69) is 372 Å². The molecule has 0 saturated carbocycles. The zero-order valence-corrected chi connectivity index (χ0v) is 85.6. The molecule has 134 heavy (non-hydrogen) atoms. The van der Waals surface area contributed by atoms with E-state index in [4.69, 9.17) is 29.9 Å². The van der Waals surface area contributed by atoms with Crippen LogP contribution in [0.15, 0.2) is 370 Å². The van der Waals surface area contributed by atoms with Crippen molar-refractivity contribution in [3.8, 4) is 11.5 Å². The Balaban J connectivity index is 0.000000304. The van der Waals surface area contributed by atoms with E-state index in [1.54, 1.807) is 45.8 Å². The number of allylic oxidation sites excluding steroid dienone is 26. The first-order valence-electron chi connectivity index (χ1n) is 45.7. The Morgan fingerprint density at radius 1 is 0.343 bits per heavy atom. The van der Waals surface area contributed by atoms with Gasteiger partial charge < -0.3 is 25.2 Å². The fourth-order valence-corrected chi connectivity index (χ4v) is 27.5.